The molecule has 0 saturated heterocycles. The zero-order valence-corrected chi connectivity index (χ0v) is 18.9. The van der Waals surface area contributed by atoms with Crippen LogP contribution in [-0.2, 0) is 0 Å². The van der Waals surface area contributed by atoms with E-state index in [1.165, 1.54) is 96.3 Å². The van der Waals surface area contributed by atoms with Crippen LogP contribution in [0.15, 0.2) is 24.3 Å². The average molecular weight is 404 g/mol. The molecular weight excluding hydrogens is 358 g/mol. The highest BCUT2D eigenvalue weighted by Crippen LogP contribution is 2.15. The van der Waals surface area contributed by atoms with Crippen molar-refractivity contribution in [3.05, 3.63) is 29.8 Å². The summed E-state index contributed by atoms with van der Waals surface area (Å²) in [5.74, 6) is 0.800. The van der Waals surface area contributed by atoms with Gasteiger partial charge in [-0.15, -0.1) is 0 Å². The molecule has 0 fully saturated rings. The van der Waals surface area contributed by atoms with Crippen molar-refractivity contribution < 1.29 is 9.53 Å². The number of rotatable bonds is 20. The lowest BCUT2D eigenvalue weighted by atomic mass is 10.0. The van der Waals surface area contributed by atoms with E-state index in [0.29, 0.717) is 5.56 Å². The van der Waals surface area contributed by atoms with Gasteiger partial charge in [-0.1, -0.05) is 103 Å². The third-order valence-electron chi connectivity index (χ3n) is 5.63. The van der Waals surface area contributed by atoms with Gasteiger partial charge < -0.3 is 10.5 Å². The zero-order chi connectivity index (χ0) is 21.0. The second kappa shape index (κ2) is 18.7. The highest BCUT2D eigenvalue weighted by Gasteiger charge is 2.03. The van der Waals surface area contributed by atoms with Crippen molar-refractivity contribution in [2.75, 3.05) is 13.2 Å². The van der Waals surface area contributed by atoms with Gasteiger partial charge in [0.05, 0.1) is 13.2 Å². The quantitative estimate of drug-likeness (QED) is 0.181. The first kappa shape index (κ1) is 25.7. The standard InChI is InChI=1S/C26H45NO2/c1-2-3-4-5-6-7-8-9-10-11-12-13-14-15-16-17-22-29-25-20-18-24(19-21-25)26(28)23-27/h18-21H,2-17,22-23,27H2,1H3. The summed E-state index contributed by atoms with van der Waals surface area (Å²) in [6.45, 7) is 3.09. The van der Waals surface area contributed by atoms with Gasteiger partial charge >= 0.3 is 0 Å². The van der Waals surface area contributed by atoms with Gasteiger partial charge in [0.1, 0.15) is 5.75 Å². The van der Waals surface area contributed by atoms with Gasteiger partial charge in [-0.05, 0) is 30.7 Å². The van der Waals surface area contributed by atoms with Crippen molar-refractivity contribution in [2.45, 2.75) is 110 Å². The van der Waals surface area contributed by atoms with Crippen molar-refractivity contribution in [1.82, 2.24) is 0 Å². The molecule has 0 unspecified atom stereocenters. The fourth-order valence-electron chi connectivity index (χ4n) is 3.70. The molecule has 166 valence electrons. The van der Waals surface area contributed by atoms with Crippen LogP contribution in [0.4, 0.5) is 0 Å². The number of hydrogen-bond acceptors (Lipinski definition) is 3. The summed E-state index contributed by atoms with van der Waals surface area (Å²) in [5.41, 5.74) is 6.02. The lowest BCUT2D eigenvalue weighted by Crippen LogP contribution is -2.13. The average Bonchev–Trinajstić information content (AvgIpc) is 2.75. The van der Waals surface area contributed by atoms with E-state index < -0.39 is 0 Å². The Hall–Kier alpha value is -1.35. The Labute approximate surface area is 179 Å². The fraction of sp³-hybridized carbons (Fsp3) is 0.731. The van der Waals surface area contributed by atoms with E-state index in [2.05, 4.69) is 6.92 Å². The smallest absolute Gasteiger partial charge is 0.176 e. The summed E-state index contributed by atoms with van der Waals surface area (Å²) in [6, 6.07) is 7.29. The minimum Gasteiger partial charge on any atom is -0.494 e. The normalized spacial score (nSPS) is 11.0. The maximum absolute atomic E-state index is 11.5. The first-order chi connectivity index (χ1) is 14.3. The van der Waals surface area contributed by atoms with Crippen LogP contribution in [0, 0.1) is 0 Å². The molecule has 0 atom stereocenters. The molecule has 0 amide bonds. The second-order valence-corrected chi connectivity index (χ2v) is 8.30. The van der Waals surface area contributed by atoms with Crippen LogP contribution in [-0.4, -0.2) is 18.9 Å². The van der Waals surface area contributed by atoms with Gasteiger partial charge in [-0.3, -0.25) is 4.79 Å². The minimum absolute atomic E-state index is 0.0330. The fourth-order valence-corrected chi connectivity index (χ4v) is 3.70. The van der Waals surface area contributed by atoms with Crippen molar-refractivity contribution in [1.29, 1.82) is 0 Å². The molecule has 0 saturated carbocycles. The molecule has 0 aromatic heterocycles. The van der Waals surface area contributed by atoms with E-state index in [1.54, 1.807) is 12.1 Å². The van der Waals surface area contributed by atoms with Gasteiger partial charge in [-0.2, -0.15) is 0 Å². The van der Waals surface area contributed by atoms with Gasteiger partial charge in [0.2, 0.25) is 0 Å². The Morgan fingerprint density at radius 2 is 1.10 bits per heavy atom. The molecule has 1 aromatic rings. The van der Waals surface area contributed by atoms with E-state index in [0.717, 1.165) is 18.8 Å². The third-order valence-corrected chi connectivity index (χ3v) is 5.63. The Kier molecular flexibility index (Phi) is 16.5. The van der Waals surface area contributed by atoms with Crippen LogP contribution in [0.5, 0.6) is 5.75 Å². The molecule has 1 rings (SSSR count). The highest BCUT2D eigenvalue weighted by atomic mass is 16.5. The Bertz CT molecular complexity index is 498. The van der Waals surface area contributed by atoms with Crippen LogP contribution in [0.25, 0.3) is 0 Å². The van der Waals surface area contributed by atoms with E-state index in [1.807, 2.05) is 12.1 Å². The van der Waals surface area contributed by atoms with Crippen molar-refractivity contribution in [2.24, 2.45) is 5.73 Å². The van der Waals surface area contributed by atoms with E-state index >= 15 is 0 Å². The number of unbranched alkanes of at least 4 members (excludes halogenated alkanes) is 15. The first-order valence-electron chi connectivity index (χ1n) is 12.2. The monoisotopic (exact) mass is 403 g/mol. The van der Waals surface area contributed by atoms with Gasteiger partial charge in [0.25, 0.3) is 0 Å². The predicted molar refractivity (Wildman–Crippen MR) is 125 cm³/mol. The SMILES string of the molecule is CCCCCCCCCCCCCCCCCCOc1ccc(C(=O)CN)cc1. The van der Waals surface area contributed by atoms with Crippen LogP contribution < -0.4 is 10.5 Å². The molecule has 29 heavy (non-hydrogen) atoms. The number of benzene rings is 1. The van der Waals surface area contributed by atoms with Crippen molar-refractivity contribution in [3.8, 4) is 5.75 Å². The van der Waals surface area contributed by atoms with E-state index in [9.17, 15) is 4.79 Å². The van der Waals surface area contributed by atoms with Gasteiger partial charge in [-0.25, -0.2) is 0 Å². The summed E-state index contributed by atoms with van der Waals surface area (Å²) in [4.78, 5) is 11.5. The van der Waals surface area contributed by atoms with Crippen LogP contribution >= 0.6 is 0 Å². The Balaban J connectivity index is 1.82. The lowest BCUT2D eigenvalue weighted by molar-refractivity contribution is 0.100. The number of nitrogens with two attached hydrogens (primary N) is 1. The Morgan fingerprint density at radius 1 is 0.690 bits per heavy atom. The maximum Gasteiger partial charge on any atom is 0.176 e. The van der Waals surface area contributed by atoms with Crippen LogP contribution in [0.3, 0.4) is 0 Å². The number of carbonyl (C=O) groups excluding carboxylic acids is 1. The number of ketones is 1. The first-order valence-corrected chi connectivity index (χ1v) is 12.2. The molecule has 3 nitrogen and oxygen atoms in total. The molecule has 0 aliphatic rings. The zero-order valence-electron chi connectivity index (χ0n) is 18.9. The molecule has 0 bridgehead atoms. The third kappa shape index (κ3) is 14.3. The molecule has 0 heterocycles. The summed E-state index contributed by atoms with van der Waals surface area (Å²) in [5, 5.41) is 0. The van der Waals surface area contributed by atoms with E-state index in [4.69, 9.17) is 10.5 Å². The molecule has 3 heteroatoms. The maximum atomic E-state index is 11.5. The molecule has 2 N–H and O–H groups in total. The van der Waals surface area contributed by atoms with Gasteiger partial charge in [0.15, 0.2) is 5.78 Å². The summed E-state index contributed by atoms with van der Waals surface area (Å²) < 4.78 is 5.75. The predicted octanol–water partition coefficient (Wildman–Crippen LogP) is 7.47. The minimum atomic E-state index is -0.0330. The van der Waals surface area contributed by atoms with Crippen molar-refractivity contribution >= 4 is 5.78 Å². The van der Waals surface area contributed by atoms with Crippen LogP contribution in [0.2, 0.25) is 0 Å². The Morgan fingerprint density at radius 3 is 1.52 bits per heavy atom. The number of hydrogen-bond donors (Lipinski definition) is 1. The molecular formula is C26H45NO2. The molecule has 0 aliphatic carbocycles. The number of Topliss-reactive ketones (excluding diaryl/α,β-unsaturated/α-hetero) is 1. The lowest BCUT2D eigenvalue weighted by Gasteiger charge is -2.07. The second-order valence-electron chi connectivity index (χ2n) is 8.30. The molecule has 0 spiro atoms. The number of ether oxygens (including phenoxy) is 1. The summed E-state index contributed by atoms with van der Waals surface area (Å²) in [7, 11) is 0. The topological polar surface area (TPSA) is 52.3 Å². The van der Waals surface area contributed by atoms with Crippen LogP contribution in [0.1, 0.15) is 120 Å². The highest BCUT2D eigenvalue weighted by molar-refractivity contribution is 5.97. The molecule has 0 radical (unpaired) electrons. The number of carbonyl (C=O) groups is 1. The van der Waals surface area contributed by atoms with E-state index in [-0.39, 0.29) is 12.3 Å². The summed E-state index contributed by atoms with van der Waals surface area (Å²) in [6.07, 6.45) is 22.1. The molecule has 1 aromatic carbocycles. The summed E-state index contributed by atoms with van der Waals surface area (Å²) >= 11 is 0. The van der Waals surface area contributed by atoms with Gasteiger partial charge in [0, 0.05) is 5.56 Å². The largest absolute Gasteiger partial charge is 0.494 e. The molecule has 0 aliphatic heterocycles. The van der Waals surface area contributed by atoms with Crippen molar-refractivity contribution in [3.63, 3.8) is 0 Å².